The van der Waals surface area contributed by atoms with Gasteiger partial charge in [0.15, 0.2) is 5.11 Å². The fraction of sp³-hybridized carbons (Fsp3) is 0.556. The number of carbonyl (C=O) groups is 1. The lowest BCUT2D eigenvalue weighted by molar-refractivity contribution is -0.117. The Bertz CT molecular complexity index is 587. The van der Waals surface area contributed by atoms with Crippen molar-refractivity contribution in [1.29, 1.82) is 0 Å². The summed E-state index contributed by atoms with van der Waals surface area (Å²) >= 11 is 5.34. The molecule has 136 valence electrons. The maximum Gasteiger partial charge on any atom is 0.227 e. The van der Waals surface area contributed by atoms with E-state index in [4.69, 9.17) is 17.0 Å². The first-order valence-electron chi connectivity index (χ1n) is 8.98. The van der Waals surface area contributed by atoms with Gasteiger partial charge in [0.1, 0.15) is 0 Å². The van der Waals surface area contributed by atoms with Crippen LogP contribution in [0, 0.1) is 0 Å². The van der Waals surface area contributed by atoms with Crippen molar-refractivity contribution in [3.05, 3.63) is 24.3 Å². The van der Waals surface area contributed by atoms with Crippen molar-refractivity contribution in [2.75, 3.05) is 56.2 Å². The molecule has 0 aromatic heterocycles. The van der Waals surface area contributed by atoms with Crippen LogP contribution in [0.1, 0.15) is 19.3 Å². The molecule has 0 bridgehead atoms. The van der Waals surface area contributed by atoms with Crippen LogP contribution in [0.3, 0.4) is 0 Å². The zero-order chi connectivity index (χ0) is 17.5. The summed E-state index contributed by atoms with van der Waals surface area (Å²) in [6.07, 6.45) is 2.65. The smallest absolute Gasteiger partial charge is 0.227 e. The van der Waals surface area contributed by atoms with Crippen molar-refractivity contribution in [1.82, 2.24) is 10.2 Å². The van der Waals surface area contributed by atoms with Gasteiger partial charge in [0.2, 0.25) is 5.91 Å². The van der Waals surface area contributed by atoms with Gasteiger partial charge in [-0.05, 0) is 55.9 Å². The molecule has 25 heavy (non-hydrogen) atoms. The van der Waals surface area contributed by atoms with E-state index in [2.05, 4.69) is 15.5 Å². The molecule has 1 amide bonds. The molecule has 1 aromatic rings. The molecule has 0 saturated carbocycles. The van der Waals surface area contributed by atoms with Gasteiger partial charge >= 0.3 is 0 Å². The zero-order valence-electron chi connectivity index (χ0n) is 14.5. The van der Waals surface area contributed by atoms with Crippen LogP contribution in [0.4, 0.5) is 11.4 Å². The summed E-state index contributed by atoms with van der Waals surface area (Å²) < 4.78 is 5.35. The van der Waals surface area contributed by atoms with Gasteiger partial charge in [0.25, 0.3) is 0 Å². The van der Waals surface area contributed by atoms with E-state index in [9.17, 15) is 4.79 Å². The Balaban J connectivity index is 1.36. The molecule has 0 unspecified atom stereocenters. The molecule has 1 aromatic carbocycles. The van der Waals surface area contributed by atoms with E-state index in [0.29, 0.717) is 11.5 Å². The normalized spacial score (nSPS) is 18.4. The van der Waals surface area contributed by atoms with Crippen LogP contribution in [0.2, 0.25) is 0 Å². The summed E-state index contributed by atoms with van der Waals surface area (Å²) in [5.74, 6) is 0.207. The highest BCUT2D eigenvalue weighted by Gasteiger charge is 2.21. The van der Waals surface area contributed by atoms with E-state index in [-0.39, 0.29) is 5.91 Å². The van der Waals surface area contributed by atoms with Crippen LogP contribution in [-0.2, 0) is 9.53 Å². The topological polar surface area (TPSA) is 56.8 Å². The lowest BCUT2D eigenvalue weighted by Gasteiger charge is -2.26. The van der Waals surface area contributed by atoms with Crippen LogP contribution < -0.4 is 15.5 Å². The number of amides is 1. The molecule has 6 nitrogen and oxygen atoms in total. The van der Waals surface area contributed by atoms with Crippen molar-refractivity contribution in [2.45, 2.75) is 19.3 Å². The summed E-state index contributed by atoms with van der Waals surface area (Å²) in [7, 11) is 0. The Morgan fingerprint density at radius 1 is 1.16 bits per heavy atom. The maximum absolute atomic E-state index is 11.8. The van der Waals surface area contributed by atoms with Crippen LogP contribution in [0.25, 0.3) is 0 Å². The second kappa shape index (κ2) is 9.12. The number of hydrogen-bond acceptors (Lipinski definition) is 4. The molecule has 0 aliphatic carbocycles. The minimum Gasteiger partial charge on any atom is -0.379 e. The lowest BCUT2D eigenvalue weighted by Crippen LogP contribution is -2.38. The third-order valence-electron chi connectivity index (χ3n) is 4.55. The lowest BCUT2D eigenvalue weighted by atomic mass is 10.2. The number of thiocarbonyl (C=S) groups is 1. The van der Waals surface area contributed by atoms with Gasteiger partial charge in [-0.3, -0.25) is 9.69 Å². The number of anilines is 2. The van der Waals surface area contributed by atoms with Crippen LogP contribution in [0.15, 0.2) is 24.3 Å². The number of nitrogens with one attached hydrogen (secondary N) is 2. The summed E-state index contributed by atoms with van der Waals surface area (Å²) in [5.41, 5.74) is 1.89. The van der Waals surface area contributed by atoms with Gasteiger partial charge in [-0.15, -0.1) is 0 Å². The Morgan fingerprint density at radius 3 is 2.60 bits per heavy atom. The molecule has 0 spiro atoms. The monoisotopic (exact) mass is 362 g/mol. The number of benzene rings is 1. The molecule has 2 heterocycles. The van der Waals surface area contributed by atoms with E-state index in [1.807, 2.05) is 29.2 Å². The minimum atomic E-state index is 0.207. The number of ether oxygens (including phenoxy) is 1. The van der Waals surface area contributed by atoms with Gasteiger partial charge in [-0.1, -0.05) is 0 Å². The molecular weight excluding hydrogens is 336 g/mol. The molecule has 2 aliphatic rings. The Morgan fingerprint density at radius 2 is 1.92 bits per heavy atom. The number of nitrogens with zero attached hydrogens (tertiary/aromatic N) is 2. The standard InChI is InChI=1S/C18H26N4O2S/c23-17-3-1-10-22(17)16-6-4-15(5-7-16)20-18(25)19-8-2-9-21-11-13-24-14-12-21/h4-7H,1-3,8-14H2,(H2,19,20,25). The van der Waals surface area contributed by atoms with E-state index in [1.165, 1.54) is 0 Å². The van der Waals surface area contributed by atoms with Gasteiger partial charge < -0.3 is 20.3 Å². The first kappa shape index (κ1) is 18.1. The molecule has 2 aliphatic heterocycles. The average Bonchev–Trinajstić information content (AvgIpc) is 3.06. The highest BCUT2D eigenvalue weighted by atomic mass is 32.1. The van der Waals surface area contributed by atoms with Crippen LogP contribution in [-0.4, -0.2) is 61.9 Å². The van der Waals surface area contributed by atoms with Crippen molar-refractivity contribution >= 4 is 34.6 Å². The van der Waals surface area contributed by atoms with Crippen molar-refractivity contribution in [3.8, 4) is 0 Å². The number of carbonyl (C=O) groups excluding carboxylic acids is 1. The fourth-order valence-corrected chi connectivity index (χ4v) is 3.37. The van der Waals surface area contributed by atoms with Gasteiger partial charge in [-0.25, -0.2) is 0 Å². The highest BCUT2D eigenvalue weighted by Crippen LogP contribution is 2.22. The van der Waals surface area contributed by atoms with Gasteiger partial charge in [-0.2, -0.15) is 0 Å². The first-order chi connectivity index (χ1) is 12.2. The van der Waals surface area contributed by atoms with Gasteiger partial charge in [0, 0.05) is 44.0 Å². The van der Waals surface area contributed by atoms with Crippen LogP contribution in [0.5, 0.6) is 0 Å². The number of rotatable bonds is 6. The summed E-state index contributed by atoms with van der Waals surface area (Å²) in [6.45, 7) is 6.46. The van der Waals surface area contributed by atoms with E-state index in [1.54, 1.807) is 0 Å². The fourth-order valence-electron chi connectivity index (χ4n) is 3.15. The minimum absolute atomic E-state index is 0.207. The van der Waals surface area contributed by atoms with Crippen molar-refractivity contribution in [2.24, 2.45) is 0 Å². The first-order valence-corrected chi connectivity index (χ1v) is 9.38. The summed E-state index contributed by atoms with van der Waals surface area (Å²) in [6, 6.07) is 7.85. The molecule has 0 radical (unpaired) electrons. The van der Waals surface area contributed by atoms with E-state index < -0.39 is 0 Å². The molecule has 0 atom stereocenters. The summed E-state index contributed by atoms with van der Waals surface area (Å²) in [4.78, 5) is 16.0. The number of morpholine rings is 1. The highest BCUT2D eigenvalue weighted by molar-refractivity contribution is 7.80. The van der Waals surface area contributed by atoms with E-state index >= 15 is 0 Å². The second-order valence-corrected chi connectivity index (χ2v) is 6.79. The predicted molar refractivity (Wildman–Crippen MR) is 104 cm³/mol. The maximum atomic E-state index is 11.8. The molecule has 2 N–H and O–H groups in total. The molecule has 3 rings (SSSR count). The Kier molecular flexibility index (Phi) is 6.61. The van der Waals surface area contributed by atoms with Crippen LogP contribution >= 0.6 is 12.2 Å². The predicted octanol–water partition coefficient (Wildman–Crippen LogP) is 1.82. The Hall–Kier alpha value is -1.70. The SMILES string of the molecule is O=C1CCCN1c1ccc(NC(=S)NCCCN2CCOCC2)cc1. The molecule has 2 saturated heterocycles. The van der Waals surface area contributed by atoms with Crippen molar-refractivity contribution < 1.29 is 9.53 Å². The average molecular weight is 362 g/mol. The zero-order valence-corrected chi connectivity index (χ0v) is 15.3. The third kappa shape index (κ3) is 5.39. The Labute approximate surface area is 154 Å². The van der Waals surface area contributed by atoms with E-state index in [0.717, 1.165) is 70.2 Å². The third-order valence-corrected chi connectivity index (χ3v) is 4.80. The number of hydrogen-bond donors (Lipinski definition) is 2. The molecule has 2 fully saturated rings. The molecular formula is C18H26N4O2S. The van der Waals surface area contributed by atoms with Gasteiger partial charge in [0.05, 0.1) is 13.2 Å². The second-order valence-electron chi connectivity index (χ2n) is 6.38. The largest absolute Gasteiger partial charge is 0.379 e. The summed E-state index contributed by atoms with van der Waals surface area (Å²) in [5, 5.41) is 7.07. The quantitative estimate of drug-likeness (QED) is 0.595. The molecule has 7 heteroatoms. The van der Waals surface area contributed by atoms with Crippen molar-refractivity contribution in [3.63, 3.8) is 0 Å².